The second-order valence-corrected chi connectivity index (χ2v) is 4.81. The number of nitrogens with two attached hydrogens (primary N) is 1. The summed E-state index contributed by atoms with van der Waals surface area (Å²) >= 11 is 3.52. The van der Waals surface area contributed by atoms with Gasteiger partial charge in [0.1, 0.15) is 5.82 Å². The van der Waals surface area contributed by atoms with Crippen molar-refractivity contribution in [3.63, 3.8) is 0 Å². The maximum Gasteiger partial charge on any atom is 0.122 e. The smallest absolute Gasteiger partial charge is 0.122 e. The number of hydrogen-bond acceptors (Lipinski definition) is 2. The van der Waals surface area contributed by atoms with Crippen LogP contribution in [0.3, 0.4) is 0 Å². The number of hydrogen-bond donors (Lipinski definition) is 1. The van der Waals surface area contributed by atoms with E-state index in [0.717, 1.165) is 10.2 Å². The fourth-order valence-electron chi connectivity index (χ4n) is 1.60. The van der Waals surface area contributed by atoms with E-state index in [1.807, 2.05) is 17.7 Å². The standard InChI is InChI=1S/C12H14BrN3/c1-8-3-4-10(6-11(8)13)7-16-12(14)5-9(2)15-16/h3-6H,7,14H2,1-2H3. The molecule has 2 rings (SSSR count). The summed E-state index contributed by atoms with van der Waals surface area (Å²) in [6, 6.07) is 8.16. The van der Waals surface area contributed by atoms with Gasteiger partial charge in [-0.25, -0.2) is 4.68 Å². The third-order valence-corrected chi connectivity index (χ3v) is 3.36. The summed E-state index contributed by atoms with van der Waals surface area (Å²) in [6.45, 7) is 4.72. The highest BCUT2D eigenvalue weighted by Gasteiger charge is 2.03. The summed E-state index contributed by atoms with van der Waals surface area (Å²) in [5, 5.41) is 4.33. The predicted molar refractivity (Wildman–Crippen MR) is 69.4 cm³/mol. The molecule has 2 N–H and O–H groups in total. The van der Waals surface area contributed by atoms with Gasteiger partial charge in [-0.1, -0.05) is 28.1 Å². The molecule has 0 radical (unpaired) electrons. The van der Waals surface area contributed by atoms with E-state index in [1.54, 1.807) is 0 Å². The van der Waals surface area contributed by atoms with Crippen LogP contribution in [0.25, 0.3) is 0 Å². The van der Waals surface area contributed by atoms with Gasteiger partial charge in [-0.3, -0.25) is 0 Å². The SMILES string of the molecule is Cc1cc(N)n(Cc2ccc(C)c(Br)c2)n1. The van der Waals surface area contributed by atoms with Gasteiger partial charge in [0.2, 0.25) is 0 Å². The topological polar surface area (TPSA) is 43.8 Å². The molecule has 0 amide bonds. The Labute approximate surface area is 103 Å². The molecule has 16 heavy (non-hydrogen) atoms. The van der Waals surface area contributed by atoms with Gasteiger partial charge in [0, 0.05) is 10.5 Å². The van der Waals surface area contributed by atoms with Crippen molar-refractivity contribution in [2.45, 2.75) is 20.4 Å². The fourth-order valence-corrected chi connectivity index (χ4v) is 2.03. The van der Waals surface area contributed by atoms with Crippen molar-refractivity contribution in [3.8, 4) is 0 Å². The number of anilines is 1. The second kappa shape index (κ2) is 4.29. The molecule has 0 saturated carbocycles. The van der Waals surface area contributed by atoms with Crippen molar-refractivity contribution in [1.29, 1.82) is 0 Å². The molecule has 3 nitrogen and oxygen atoms in total. The van der Waals surface area contributed by atoms with E-state index >= 15 is 0 Å². The molecular weight excluding hydrogens is 266 g/mol. The molecule has 4 heteroatoms. The highest BCUT2D eigenvalue weighted by Crippen LogP contribution is 2.18. The first kappa shape index (κ1) is 11.2. The maximum atomic E-state index is 5.85. The Morgan fingerprint density at radius 3 is 2.62 bits per heavy atom. The minimum Gasteiger partial charge on any atom is -0.384 e. The summed E-state index contributed by atoms with van der Waals surface area (Å²) in [5.74, 6) is 0.703. The molecule has 0 saturated heterocycles. The number of rotatable bonds is 2. The third kappa shape index (κ3) is 2.27. The summed E-state index contributed by atoms with van der Waals surface area (Å²) in [4.78, 5) is 0. The van der Waals surface area contributed by atoms with Crippen LogP contribution >= 0.6 is 15.9 Å². The van der Waals surface area contributed by atoms with Crippen LogP contribution in [0.5, 0.6) is 0 Å². The fraction of sp³-hybridized carbons (Fsp3) is 0.250. The number of nitrogens with zero attached hydrogens (tertiary/aromatic N) is 2. The van der Waals surface area contributed by atoms with Crippen LogP contribution in [0, 0.1) is 13.8 Å². The van der Waals surface area contributed by atoms with Crippen molar-refractivity contribution in [3.05, 3.63) is 45.6 Å². The van der Waals surface area contributed by atoms with Crippen LogP contribution in [-0.4, -0.2) is 9.78 Å². The molecule has 0 aliphatic rings. The van der Waals surface area contributed by atoms with Crippen molar-refractivity contribution in [2.75, 3.05) is 5.73 Å². The van der Waals surface area contributed by atoms with Gasteiger partial charge in [0.15, 0.2) is 0 Å². The van der Waals surface area contributed by atoms with Gasteiger partial charge in [-0.15, -0.1) is 0 Å². The van der Waals surface area contributed by atoms with E-state index in [9.17, 15) is 0 Å². The van der Waals surface area contributed by atoms with Crippen LogP contribution in [0.1, 0.15) is 16.8 Å². The Morgan fingerprint density at radius 2 is 2.06 bits per heavy atom. The first-order valence-electron chi connectivity index (χ1n) is 5.11. The van der Waals surface area contributed by atoms with Crippen LogP contribution in [0.2, 0.25) is 0 Å². The highest BCUT2D eigenvalue weighted by molar-refractivity contribution is 9.10. The van der Waals surface area contributed by atoms with E-state index in [4.69, 9.17) is 5.73 Å². The molecule has 0 aliphatic carbocycles. The second-order valence-electron chi connectivity index (χ2n) is 3.95. The maximum absolute atomic E-state index is 5.85. The number of nitrogen functional groups attached to an aromatic ring is 1. The van der Waals surface area contributed by atoms with E-state index in [0.29, 0.717) is 12.4 Å². The van der Waals surface area contributed by atoms with Crippen LogP contribution in [0.15, 0.2) is 28.7 Å². The number of halogens is 1. The van der Waals surface area contributed by atoms with Crippen molar-refractivity contribution in [2.24, 2.45) is 0 Å². The average Bonchev–Trinajstić information content (AvgIpc) is 2.51. The Kier molecular flexibility index (Phi) is 3.01. The Morgan fingerprint density at radius 1 is 1.31 bits per heavy atom. The average molecular weight is 280 g/mol. The van der Waals surface area contributed by atoms with Gasteiger partial charge < -0.3 is 5.73 Å². The zero-order chi connectivity index (χ0) is 11.7. The largest absolute Gasteiger partial charge is 0.384 e. The lowest BCUT2D eigenvalue weighted by Crippen LogP contribution is -2.05. The van der Waals surface area contributed by atoms with Gasteiger partial charge >= 0.3 is 0 Å². The molecule has 1 aromatic carbocycles. The molecule has 1 heterocycles. The van der Waals surface area contributed by atoms with Crippen molar-refractivity contribution in [1.82, 2.24) is 9.78 Å². The molecule has 1 aromatic heterocycles. The van der Waals surface area contributed by atoms with Crippen LogP contribution in [-0.2, 0) is 6.54 Å². The minimum atomic E-state index is 0.703. The van der Waals surface area contributed by atoms with Crippen LogP contribution < -0.4 is 5.73 Å². The van der Waals surface area contributed by atoms with Crippen molar-refractivity contribution < 1.29 is 0 Å². The Hall–Kier alpha value is -1.29. The molecule has 0 atom stereocenters. The molecule has 2 aromatic rings. The zero-order valence-electron chi connectivity index (χ0n) is 9.37. The normalized spacial score (nSPS) is 10.7. The Bertz CT molecular complexity index is 517. The number of aromatic nitrogens is 2. The quantitative estimate of drug-likeness (QED) is 0.919. The zero-order valence-corrected chi connectivity index (χ0v) is 11.0. The summed E-state index contributed by atoms with van der Waals surface area (Å²) in [6.07, 6.45) is 0. The number of aryl methyl sites for hydroxylation is 2. The highest BCUT2D eigenvalue weighted by atomic mass is 79.9. The monoisotopic (exact) mass is 279 g/mol. The van der Waals surface area contributed by atoms with Gasteiger partial charge in [0.05, 0.1) is 12.2 Å². The van der Waals surface area contributed by atoms with E-state index < -0.39 is 0 Å². The minimum absolute atomic E-state index is 0.703. The van der Waals surface area contributed by atoms with Gasteiger partial charge in [-0.05, 0) is 31.0 Å². The lowest BCUT2D eigenvalue weighted by atomic mass is 10.1. The summed E-state index contributed by atoms with van der Waals surface area (Å²) in [7, 11) is 0. The van der Waals surface area contributed by atoms with E-state index in [2.05, 4.69) is 46.2 Å². The molecule has 0 spiro atoms. The first-order chi connectivity index (χ1) is 7.56. The summed E-state index contributed by atoms with van der Waals surface area (Å²) < 4.78 is 2.93. The Balaban J connectivity index is 2.27. The lowest BCUT2D eigenvalue weighted by Gasteiger charge is -2.06. The lowest BCUT2D eigenvalue weighted by molar-refractivity contribution is 0.689. The predicted octanol–water partition coefficient (Wildman–Crippen LogP) is 2.89. The first-order valence-corrected chi connectivity index (χ1v) is 5.90. The molecule has 0 bridgehead atoms. The van der Waals surface area contributed by atoms with Gasteiger partial charge in [-0.2, -0.15) is 5.10 Å². The summed E-state index contributed by atoms with van der Waals surface area (Å²) in [5.41, 5.74) is 9.21. The van der Waals surface area contributed by atoms with E-state index in [1.165, 1.54) is 11.1 Å². The van der Waals surface area contributed by atoms with Crippen LogP contribution in [0.4, 0.5) is 5.82 Å². The van der Waals surface area contributed by atoms with Gasteiger partial charge in [0.25, 0.3) is 0 Å². The molecular formula is C12H14BrN3. The van der Waals surface area contributed by atoms with E-state index in [-0.39, 0.29) is 0 Å². The van der Waals surface area contributed by atoms with Crippen molar-refractivity contribution >= 4 is 21.7 Å². The molecule has 84 valence electrons. The third-order valence-electron chi connectivity index (χ3n) is 2.50. The molecule has 0 fully saturated rings. The molecule has 0 unspecified atom stereocenters. The number of benzene rings is 1. The molecule has 0 aliphatic heterocycles.